The number of nitrogens with zero attached hydrogens (tertiary/aromatic N) is 2. The average molecular weight is 368 g/mol. The highest BCUT2D eigenvalue weighted by Gasteiger charge is 2.12. The molecule has 0 fully saturated rings. The van der Waals surface area contributed by atoms with Gasteiger partial charge >= 0.3 is 13.1 Å². The lowest BCUT2D eigenvalue weighted by atomic mass is 9.82. The first kappa shape index (κ1) is 23.9. The van der Waals surface area contributed by atoms with Crippen molar-refractivity contribution in [3.05, 3.63) is 28.7 Å². The molecule has 0 aliphatic heterocycles. The number of aromatic nitrogens is 1. The first-order valence-corrected chi connectivity index (χ1v) is 8.83. The van der Waals surface area contributed by atoms with E-state index >= 15 is 0 Å². The number of pyridine rings is 1. The van der Waals surface area contributed by atoms with Crippen LogP contribution in [0.3, 0.4) is 0 Å². The van der Waals surface area contributed by atoms with Gasteiger partial charge in [-0.1, -0.05) is 19.9 Å². The van der Waals surface area contributed by atoms with Gasteiger partial charge in [0.05, 0.1) is 0 Å². The van der Waals surface area contributed by atoms with Crippen molar-refractivity contribution in [3.8, 4) is 0 Å². The molecule has 0 bridgehead atoms. The van der Waals surface area contributed by atoms with E-state index in [1.165, 1.54) is 22.9 Å². The van der Waals surface area contributed by atoms with E-state index < -0.39 is 13.1 Å². The van der Waals surface area contributed by atoms with Gasteiger partial charge < -0.3 is 24.6 Å². The topological polar surface area (TPSA) is 120 Å². The van der Waals surface area contributed by atoms with E-state index in [2.05, 4.69) is 0 Å². The zero-order valence-corrected chi connectivity index (χ0v) is 15.7. The Morgan fingerprint density at radius 3 is 2.31 bits per heavy atom. The predicted molar refractivity (Wildman–Crippen MR) is 100 cm³/mol. The summed E-state index contributed by atoms with van der Waals surface area (Å²) in [4.78, 5) is 35.5. The Labute approximate surface area is 154 Å². The molecule has 1 amide bonds. The first-order chi connectivity index (χ1) is 12.3. The maximum absolute atomic E-state index is 11.9. The second-order valence-electron chi connectivity index (χ2n) is 5.64. The summed E-state index contributed by atoms with van der Waals surface area (Å²) < 4.78 is 1.37. The maximum Gasteiger partial charge on any atom is 0.489 e. The van der Waals surface area contributed by atoms with E-state index in [1.807, 2.05) is 13.8 Å². The molecule has 3 N–H and O–H groups in total. The predicted octanol–water partition coefficient (Wildman–Crippen LogP) is 0.0478. The Morgan fingerprint density at radius 1 is 1.12 bits per heavy atom. The molecule has 8 nitrogen and oxygen atoms in total. The van der Waals surface area contributed by atoms with Crippen LogP contribution in [0.25, 0.3) is 0 Å². The van der Waals surface area contributed by atoms with Crippen LogP contribution in [0.5, 0.6) is 0 Å². The molecular weight excluding hydrogens is 339 g/mol. The number of unbranched alkanes of at least 4 members (excludes halogenated alkanes) is 1. The van der Waals surface area contributed by atoms with Gasteiger partial charge in [-0.25, -0.2) is 0 Å². The van der Waals surface area contributed by atoms with E-state index in [4.69, 9.17) is 15.2 Å². The molecule has 0 saturated carbocycles. The van der Waals surface area contributed by atoms with Crippen LogP contribution in [0.15, 0.2) is 23.1 Å². The molecule has 1 aromatic heterocycles. The van der Waals surface area contributed by atoms with Gasteiger partial charge in [-0.15, -0.1) is 0 Å². The fourth-order valence-electron chi connectivity index (χ4n) is 2.22. The molecule has 1 heterocycles. The van der Waals surface area contributed by atoms with Gasteiger partial charge in [-0.3, -0.25) is 14.4 Å². The molecule has 146 valence electrons. The normalized spacial score (nSPS) is 9.88. The molecule has 9 heteroatoms. The van der Waals surface area contributed by atoms with Crippen LogP contribution < -0.4 is 11.0 Å². The number of hydrogen-bond donors (Lipinski definition) is 3. The van der Waals surface area contributed by atoms with Crippen LogP contribution in [-0.2, 0) is 16.1 Å². The van der Waals surface area contributed by atoms with Gasteiger partial charge in [0, 0.05) is 45.2 Å². The number of aliphatic carboxylic acids is 1. The Bertz CT molecular complexity index is 618. The number of carbonyl (C=O) groups is 2. The van der Waals surface area contributed by atoms with Crippen LogP contribution in [0.1, 0.15) is 46.0 Å². The molecule has 0 aliphatic rings. The summed E-state index contributed by atoms with van der Waals surface area (Å²) in [5, 5.41) is 26.8. The van der Waals surface area contributed by atoms with Crippen molar-refractivity contribution in [2.75, 3.05) is 13.6 Å². The quantitative estimate of drug-likeness (QED) is 0.396. The highest BCUT2D eigenvalue weighted by Crippen LogP contribution is 2.03. The van der Waals surface area contributed by atoms with Gasteiger partial charge in [0.25, 0.3) is 0 Å². The van der Waals surface area contributed by atoms with E-state index in [-0.39, 0.29) is 23.4 Å². The SMILES string of the molecule is CC.CN(CCCn1cc(B(O)O)ccc1=O)C(=O)CCCCC(=O)O. The summed E-state index contributed by atoms with van der Waals surface area (Å²) in [6, 6.07) is 2.63. The summed E-state index contributed by atoms with van der Waals surface area (Å²) in [6.45, 7) is 4.81. The van der Waals surface area contributed by atoms with Crippen molar-refractivity contribution in [3.63, 3.8) is 0 Å². The zero-order chi connectivity index (χ0) is 20.1. The zero-order valence-electron chi connectivity index (χ0n) is 15.7. The standard InChI is InChI=1S/C15H23BN2O6.C2H6/c1-17(13(19)5-2-3-6-15(21)22)9-4-10-18-11-12(16(23)24)7-8-14(18)20;1-2/h7-8,11,23-24H,2-6,9-10H2,1H3,(H,21,22);1-2H3. The van der Waals surface area contributed by atoms with Crippen molar-refractivity contribution in [2.24, 2.45) is 0 Å². The van der Waals surface area contributed by atoms with Gasteiger partial charge in [0.15, 0.2) is 0 Å². The first-order valence-electron chi connectivity index (χ1n) is 8.83. The number of rotatable bonds is 10. The molecule has 0 atom stereocenters. The van der Waals surface area contributed by atoms with E-state index in [1.54, 1.807) is 11.9 Å². The highest BCUT2D eigenvalue weighted by molar-refractivity contribution is 6.58. The molecule has 0 spiro atoms. The van der Waals surface area contributed by atoms with Crippen molar-refractivity contribution in [1.82, 2.24) is 9.47 Å². The third kappa shape index (κ3) is 9.38. The Hall–Kier alpha value is -2.13. The molecule has 0 saturated heterocycles. The smallest absolute Gasteiger partial charge is 0.481 e. The van der Waals surface area contributed by atoms with Crippen LogP contribution in [-0.4, -0.2) is 57.2 Å². The lowest BCUT2D eigenvalue weighted by Gasteiger charge is -2.17. The summed E-state index contributed by atoms with van der Waals surface area (Å²) in [5.74, 6) is -0.927. The minimum atomic E-state index is -1.63. The summed E-state index contributed by atoms with van der Waals surface area (Å²) in [7, 11) is 0.0304. The fourth-order valence-corrected chi connectivity index (χ4v) is 2.22. The minimum absolute atomic E-state index is 0.0625. The fraction of sp³-hybridized carbons (Fsp3) is 0.588. The van der Waals surface area contributed by atoms with Gasteiger partial charge in [-0.2, -0.15) is 0 Å². The van der Waals surface area contributed by atoms with Crippen LogP contribution in [0.4, 0.5) is 0 Å². The number of carboxylic acid groups (broad SMARTS) is 1. The lowest BCUT2D eigenvalue weighted by Crippen LogP contribution is -2.35. The third-order valence-electron chi connectivity index (χ3n) is 3.65. The number of carbonyl (C=O) groups excluding carboxylic acids is 1. The van der Waals surface area contributed by atoms with Gasteiger partial charge in [0.2, 0.25) is 11.5 Å². The molecule has 0 aliphatic carbocycles. The molecule has 0 unspecified atom stereocenters. The van der Waals surface area contributed by atoms with E-state index in [9.17, 15) is 14.4 Å². The van der Waals surface area contributed by atoms with Crippen LogP contribution >= 0.6 is 0 Å². The molecule has 1 rings (SSSR count). The molecule has 0 radical (unpaired) electrons. The van der Waals surface area contributed by atoms with Crippen LogP contribution in [0.2, 0.25) is 0 Å². The lowest BCUT2D eigenvalue weighted by molar-refractivity contribution is -0.137. The van der Waals surface area contributed by atoms with Gasteiger partial charge in [0.1, 0.15) is 0 Å². The molecule has 26 heavy (non-hydrogen) atoms. The Morgan fingerprint density at radius 2 is 1.73 bits per heavy atom. The van der Waals surface area contributed by atoms with E-state index in [0.29, 0.717) is 38.8 Å². The largest absolute Gasteiger partial charge is 0.489 e. The summed E-state index contributed by atoms with van der Waals surface area (Å²) in [6.07, 6.45) is 3.30. The average Bonchev–Trinajstić information content (AvgIpc) is 2.61. The Kier molecular flexibility index (Phi) is 12.1. The number of hydrogen-bond acceptors (Lipinski definition) is 5. The van der Waals surface area contributed by atoms with Gasteiger partial charge in [-0.05, 0) is 24.7 Å². The summed E-state index contributed by atoms with van der Waals surface area (Å²) in [5.41, 5.74) is -0.0143. The number of amides is 1. The third-order valence-corrected chi connectivity index (χ3v) is 3.65. The molecular formula is C17H29BN2O6. The summed E-state index contributed by atoms with van der Waals surface area (Å²) >= 11 is 0. The van der Waals surface area contributed by atoms with Crippen molar-refractivity contribution in [2.45, 2.75) is 52.5 Å². The second-order valence-corrected chi connectivity index (χ2v) is 5.64. The monoisotopic (exact) mass is 368 g/mol. The number of aryl methyl sites for hydroxylation is 1. The second kappa shape index (κ2) is 13.1. The maximum atomic E-state index is 11.9. The van der Waals surface area contributed by atoms with Crippen molar-refractivity contribution >= 4 is 24.5 Å². The van der Waals surface area contributed by atoms with Crippen molar-refractivity contribution < 1.29 is 24.7 Å². The molecule has 0 aromatic carbocycles. The van der Waals surface area contributed by atoms with Crippen LogP contribution in [0, 0.1) is 0 Å². The molecule has 1 aromatic rings. The highest BCUT2D eigenvalue weighted by atomic mass is 16.4. The number of carboxylic acids is 1. The minimum Gasteiger partial charge on any atom is -0.481 e. The van der Waals surface area contributed by atoms with Crippen molar-refractivity contribution in [1.29, 1.82) is 0 Å². The Balaban J connectivity index is 0.00000301. The van der Waals surface area contributed by atoms with E-state index in [0.717, 1.165) is 0 Å².